The summed E-state index contributed by atoms with van der Waals surface area (Å²) in [5, 5.41) is 6.87. The zero-order valence-corrected chi connectivity index (χ0v) is 12.2. The molecule has 3 heterocycles. The number of carbonyl (C=O) groups is 2. The van der Waals surface area contributed by atoms with Gasteiger partial charge in [-0.15, -0.1) is 0 Å². The summed E-state index contributed by atoms with van der Waals surface area (Å²) < 4.78 is 5.04. The van der Waals surface area contributed by atoms with E-state index in [-0.39, 0.29) is 23.6 Å². The molecule has 2 saturated heterocycles. The van der Waals surface area contributed by atoms with Gasteiger partial charge in [0.2, 0.25) is 11.7 Å². The lowest BCUT2D eigenvalue weighted by Crippen LogP contribution is -2.53. The summed E-state index contributed by atoms with van der Waals surface area (Å²) in [5.41, 5.74) is 0.709. The highest BCUT2D eigenvalue weighted by Crippen LogP contribution is 2.23. The van der Waals surface area contributed by atoms with Crippen LogP contribution in [0.5, 0.6) is 0 Å². The predicted octanol–water partition coefficient (Wildman–Crippen LogP) is 0.0194. The third kappa shape index (κ3) is 2.65. The van der Waals surface area contributed by atoms with E-state index in [1.54, 1.807) is 11.8 Å². The Morgan fingerprint density at radius 1 is 1.33 bits per heavy atom. The van der Waals surface area contributed by atoms with Crippen LogP contribution in [-0.4, -0.2) is 65.5 Å². The largest absolute Gasteiger partial charge is 0.351 e. The van der Waals surface area contributed by atoms with Gasteiger partial charge in [0, 0.05) is 38.3 Å². The highest BCUT2D eigenvalue weighted by Gasteiger charge is 2.38. The van der Waals surface area contributed by atoms with Crippen LogP contribution in [0.15, 0.2) is 10.7 Å². The van der Waals surface area contributed by atoms with Crippen molar-refractivity contribution in [2.75, 3.05) is 32.7 Å². The number of hydrogen-bond acceptors (Lipinski definition) is 5. The topological polar surface area (TPSA) is 78.7 Å². The van der Waals surface area contributed by atoms with Crippen LogP contribution in [0.25, 0.3) is 0 Å². The average Bonchev–Trinajstić information content (AvgIpc) is 3.15. The average molecular weight is 292 g/mol. The number of amides is 2. The molecule has 0 aliphatic carbocycles. The standard InChI is InChI=1S/C14H20N4O3/c1-10-9-16-21-12(10)14(20)18-6-2-3-11(18)13(19)17-7-4-15-5-8-17/h9,11,15H,2-8H2,1H3. The van der Waals surface area contributed by atoms with E-state index in [0.717, 1.165) is 25.9 Å². The number of aryl methyl sites for hydroxylation is 1. The van der Waals surface area contributed by atoms with Crippen LogP contribution in [0.1, 0.15) is 29.0 Å². The molecule has 2 aliphatic rings. The van der Waals surface area contributed by atoms with Gasteiger partial charge in [-0.3, -0.25) is 9.59 Å². The van der Waals surface area contributed by atoms with Crippen molar-refractivity contribution < 1.29 is 14.1 Å². The Morgan fingerprint density at radius 3 is 2.76 bits per heavy atom. The molecular formula is C14H20N4O3. The molecule has 2 fully saturated rings. The van der Waals surface area contributed by atoms with E-state index in [9.17, 15) is 9.59 Å². The molecule has 0 radical (unpaired) electrons. The van der Waals surface area contributed by atoms with Crippen molar-refractivity contribution in [1.29, 1.82) is 0 Å². The summed E-state index contributed by atoms with van der Waals surface area (Å²) in [6.45, 7) is 5.42. The summed E-state index contributed by atoms with van der Waals surface area (Å²) >= 11 is 0. The smallest absolute Gasteiger partial charge is 0.293 e. The number of hydrogen-bond donors (Lipinski definition) is 1. The molecule has 1 N–H and O–H groups in total. The molecular weight excluding hydrogens is 272 g/mol. The number of rotatable bonds is 2. The van der Waals surface area contributed by atoms with Gasteiger partial charge >= 0.3 is 0 Å². The lowest BCUT2D eigenvalue weighted by atomic mass is 10.1. The van der Waals surface area contributed by atoms with E-state index in [4.69, 9.17) is 4.52 Å². The zero-order valence-electron chi connectivity index (χ0n) is 12.2. The third-order valence-corrected chi connectivity index (χ3v) is 4.17. The maximum absolute atomic E-state index is 12.6. The quantitative estimate of drug-likeness (QED) is 0.831. The summed E-state index contributed by atoms with van der Waals surface area (Å²) in [6, 6.07) is -0.361. The Kier molecular flexibility index (Phi) is 3.92. The van der Waals surface area contributed by atoms with E-state index in [1.807, 2.05) is 4.90 Å². The van der Waals surface area contributed by atoms with Gasteiger partial charge in [0.05, 0.1) is 6.20 Å². The molecule has 0 saturated carbocycles. The molecule has 7 nitrogen and oxygen atoms in total. The minimum absolute atomic E-state index is 0.0551. The van der Waals surface area contributed by atoms with Crippen molar-refractivity contribution in [3.8, 4) is 0 Å². The van der Waals surface area contributed by atoms with Crippen LogP contribution in [0.4, 0.5) is 0 Å². The van der Waals surface area contributed by atoms with Gasteiger partial charge in [-0.2, -0.15) is 0 Å². The van der Waals surface area contributed by atoms with Crippen LogP contribution in [0.2, 0.25) is 0 Å². The van der Waals surface area contributed by atoms with Crippen molar-refractivity contribution in [3.63, 3.8) is 0 Å². The lowest BCUT2D eigenvalue weighted by Gasteiger charge is -2.32. The Hall–Kier alpha value is -1.89. The van der Waals surface area contributed by atoms with Crippen molar-refractivity contribution in [2.24, 2.45) is 0 Å². The molecule has 114 valence electrons. The lowest BCUT2D eigenvalue weighted by molar-refractivity contribution is -0.135. The summed E-state index contributed by atoms with van der Waals surface area (Å²) in [4.78, 5) is 28.6. The number of piperazine rings is 1. The van der Waals surface area contributed by atoms with E-state index >= 15 is 0 Å². The van der Waals surface area contributed by atoms with Gasteiger partial charge < -0.3 is 19.6 Å². The fourth-order valence-corrected chi connectivity index (χ4v) is 2.99. The normalized spacial score (nSPS) is 22.6. The Bertz CT molecular complexity index is 536. The van der Waals surface area contributed by atoms with E-state index in [2.05, 4.69) is 10.5 Å². The van der Waals surface area contributed by atoms with Crippen molar-refractivity contribution in [1.82, 2.24) is 20.3 Å². The minimum atomic E-state index is -0.361. The number of nitrogens with zero attached hydrogens (tertiary/aromatic N) is 3. The fraction of sp³-hybridized carbons (Fsp3) is 0.643. The Balaban J connectivity index is 1.74. The first-order chi connectivity index (χ1) is 10.2. The second-order valence-electron chi connectivity index (χ2n) is 5.57. The second-order valence-corrected chi connectivity index (χ2v) is 5.57. The number of nitrogens with one attached hydrogen (secondary N) is 1. The molecule has 0 spiro atoms. The first kappa shape index (κ1) is 14.1. The van der Waals surface area contributed by atoms with Gasteiger partial charge in [0.25, 0.3) is 5.91 Å². The molecule has 3 rings (SSSR count). The van der Waals surface area contributed by atoms with E-state index < -0.39 is 0 Å². The molecule has 0 bridgehead atoms. The minimum Gasteiger partial charge on any atom is -0.351 e. The maximum atomic E-state index is 12.6. The van der Waals surface area contributed by atoms with Gasteiger partial charge in [-0.25, -0.2) is 0 Å². The summed E-state index contributed by atoms with van der Waals surface area (Å²) in [6.07, 6.45) is 3.10. The molecule has 0 aromatic carbocycles. The van der Waals surface area contributed by atoms with Crippen LogP contribution in [0.3, 0.4) is 0 Å². The maximum Gasteiger partial charge on any atom is 0.293 e. The van der Waals surface area contributed by atoms with E-state index in [0.29, 0.717) is 25.2 Å². The first-order valence-corrected chi connectivity index (χ1v) is 7.40. The van der Waals surface area contributed by atoms with E-state index in [1.165, 1.54) is 6.20 Å². The Morgan fingerprint density at radius 2 is 2.10 bits per heavy atom. The summed E-state index contributed by atoms with van der Waals surface area (Å²) in [7, 11) is 0. The first-order valence-electron chi connectivity index (χ1n) is 7.40. The van der Waals surface area contributed by atoms with Crippen LogP contribution in [-0.2, 0) is 4.79 Å². The molecule has 1 aromatic heterocycles. The monoisotopic (exact) mass is 292 g/mol. The van der Waals surface area contributed by atoms with Gasteiger partial charge in [0.1, 0.15) is 6.04 Å². The molecule has 21 heavy (non-hydrogen) atoms. The number of likely N-dealkylation sites (tertiary alicyclic amines) is 1. The third-order valence-electron chi connectivity index (χ3n) is 4.17. The van der Waals surface area contributed by atoms with Gasteiger partial charge in [-0.05, 0) is 19.8 Å². The van der Waals surface area contributed by atoms with Gasteiger partial charge in [0.15, 0.2) is 0 Å². The highest BCUT2D eigenvalue weighted by atomic mass is 16.5. The molecule has 2 aliphatic heterocycles. The molecule has 2 amide bonds. The van der Waals surface area contributed by atoms with Gasteiger partial charge in [-0.1, -0.05) is 5.16 Å². The molecule has 1 aromatic rings. The number of carbonyl (C=O) groups excluding carboxylic acids is 2. The number of aromatic nitrogens is 1. The van der Waals surface area contributed by atoms with Crippen molar-refractivity contribution in [3.05, 3.63) is 17.5 Å². The second kappa shape index (κ2) is 5.85. The fourth-order valence-electron chi connectivity index (χ4n) is 2.99. The van der Waals surface area contributed by atoms with Crippen LogP contribution < -0.4 is 5.32 Å². The summed E-state index contributed by atoms with van der Waals surface area (Å²) in [5.74, 6) is 0.0745. The van der Waals surface area contributed by atoms with Crippen LogP contribution in [0, 0.1) is 6.92 Å². The molecule has 1 atom stereocenters. The highest BCUT2D eigenvalue weighted by molar-refractivity contribution is 5.96. The predicted molar refractivity (Wildman–Crippen MR) is 74.7 cm³/mol. The SMILES string of the molecule is Cc1cnoc1C(=O)N1CCCC1C(=O)N1CCNCC1. The molecule has 7 heteroatoms. The van der Waals surface area contributed by atoms with Crippen molar-refractivity contribution in [2.45, 2.75) is 25.8 Å². The van der Waals surface area contributed by atoms with Crippen LogP contribution >= 0.6 is 0 Å². The zero-order chi connectivity index (χ0) is 14.8. The van der Waals surface area contributed by atoms with Crippen molar-refractivity contribution >= 4 is 11.8 Å². The molecule has 1 unspecified atom stereocenters. The Labute approximate surface area is 123 Å².